The van der Waals surface area contributed by atoms with Gasteiger partial charge in [0.05, 0.1) is 12.5 Å². The lowest BCUT2D eigenvalue weighted by molar-refractivity contribution is -0.139. The first kappa shape index (κ1) is 13.2. The van der Waals surface area contributed by atoms with E-state index in [1.807, 2.05) is 6.92 Å². The van der Waals surface area contributed by atoms with Gasteiger partial charge in [-0.2, -0.15) is 0 Å². The van der Waals surface area contributed by atoms with Crippen LogP contribution in [-0.2, 0) is 9.59 Å². The Balaban J connectivity index is 1.67. The van der Waals surface area contributed by atoms with Crippen LogP contribution in [0.5, 0.6) is 0 Å². The molecule has 1 N–H and O–H groups in total. The number of nitrogens with zero attached hydrogens (tertiary/aromatic N) is 1. The van der Waals surface area contributed by atoms with Gasteiger partial charge in [-0.05, 0) is 37.5 Å². The Morgan fingerprint density at radius 1 is 1.25 bits per heavy atom. The second-order valence-electron chi connectivity index (χ2n) is 5.53. The number of nitrogens with one attached hydrogen (secondary N) is 1. The van der Waals surface area contributed by atoms with E-state index in [4.69, 9.17) is 0 Å². The van der Waals surface area contributed by atoms with Crippen LogP contribution >= 0.6 is 0 Å². The van der Waals surface area contributed by atoms with Gasteiger partial charge in [-0.3, -0.25) is 19.8 Å². The predicted octanol–water partition coefficient (Wildman–Crippen LogP) is 1.77. The standard InChI is InChI=1S/C15H17FN2O2/c1-9(10-2-4-11(16)5-3-10)17-13-8-14(19)18(15(13)20)12-6-7-12/h2-5,9,12-13,17H,6-8H2,1H3. The second kappa shape index (κ2) is 4.98. The monoisotopic (exact) mass is 276 g/mol. The van der Waals surface area contributed by atoms with Gasteiger partial charge in [0.2, 0.25) is 11.8 Å². The van der Waals surface area contributed by atoms with Crippen LogP contribution in [0.3, 0.4) is 0 Å². The van der Waals surface area contributed by atoms with Gasteiger partial charge in [-0.25, -0.2) is 4.39 Å². The molecule has 1 aliphatic heterocycles. The predicted molar refractivity (Wildman–Crippen MR) is 71.2 cm³/mol. The van der Waals surface area contributed by atoms with Gasteiger partial charge >= 0.3 is 0 Å². The topological polar surface area (TPSA) is 49.4 Å². The molecule has 20 heavy (non-hydrogen) atoms. The largest absolute Gasteiger partial charge is 0.299 e. The van der Waals surface area contributed by atoms with Crippen LogP contribution in [0.2, 0.25) is 0 Å². The van der Waals surface area contributed by atoms with Crippen molar-refractivity contribution < 1.29 is 14.0 Å². The summed E-state index contributed by atoms with van der Waals surface area (Å²) in [5, 5.41) is 3.17. The molecule has 1 aliphatic carbocycles. The number of rotatable bonds is 4. The lowest BCUT2D eigenvalue weighted by atomic mass is 10.1. The molecular formula is C15H17FN2O2. The molecule has 106 valence electrons. The van der Waals surface area contributed by atoms with Crippen LogP contribution in [0, 0.1) is 5.82 Å². The summed E-state index contributed by atoms with van der Waals surface area (Å²) in [7, 11) is 0. The van der Waals surface area contributed by atoms with E-state index in [1.165, 1.54) is 17.0 Å². The summed E-state index contributed by atoms with van der Waals surface area (Å²) in [6, 6.07) is 5.74. The fourth-order valence-corrected chi connectivity index (χ4v) is 2.65. The first-order valence-electron chi connectivity index (χ1n) is 6.93. The SMILES string of the molecule is CC(NC1CC(=O)N(C2CC2)C1=O)c1ccc(F)cc1. The minimum Gasteiger partial charge on any atom is -0.299 e. The third-order valence-electron chi connectivity index (χ3n) is 3.92. The van der Waals surface area contributed by atoms with Crippen molar-refractivity contribution in [3.63, 3.8) is 0 Å². The number of likely N-dealkylation sites (tertiary alicyclic amines) is 1. The molecule has 2 fully saturated rings. The molecule has 0 radical (unpaired) electrons. The molecular weight excluding hydrogens is 259 g/mol. The van der Waals surface area contributed by atoms with Crippen molar-refractivity contribution in [3.8, 4) is 0 Å². The number of carbonyl (C=O) groups is 2. The average molecular weight is 276 g/mol. The van der Waals surface area contributed by atoms with Crippen LogP contribution < -0.4 is 5.32 Å². The molecule has 0 bridgehead atoms. The summed E-state index contributed by atoms with van der Waals surface area (Å²) in [6.07, 6.45) is 2.08. The van der Waals surface area contributed by atoms with Crippen LogP contribution in [-0.4, -0.2) is 28.8 Å². The van der Waals surface area contributed by atoms with Gasteiger partial charge in [0, 0.05) is 12.1 Å². The highest BCUT2D eigenvalue weighted by Gasteiger charge is 2.46. The van der Waals surface area contributed by atoms with E-state index < -0.39 is 6.04 Å². The molecule has 2 unspecified atom stereocenters. The third-order valence-corrected chi connectivity index (χ3v) is 3.92. The van der Waals surface area contributed by atoms with Crippen LogP contribution in [0.1, 0.15) is 37.8 Å². The van der Waals surface area contributed by atoms with E-state index in [2.05, 4.69) is 5.32 Å². The normalized spacial score (nSPS) is 24.3. The maximum absolute atomic E-state index is 12.9. The molecule has 3 rings (SSSR count). The molecule has 2 aliphatic rings. The molecule has 5 heteroatoms. The van der Waals surface area contributed by atoms with E-state index in [1.54, 1.807) is 12.1 Å². The Morgan fingerprint density at radius 3 is 2.50 bits per heavy atom. The highest BCUT2D eigenvalue weighted by Crippen LogP contribution is 2.32. The maximum Gasteiger partial charge on any atom is 0.247 e. The first-order chi connectivity index (χ1) is 9.56. The van der Waals surface area contributed by atoms with Crippen molar-refractivity contribution in [1.82, 2.24) is 10.2 Å². The summed E-state index contributed by atoms with van der Waals surface area (Å²) >= 11 is 0. The van der Waals surface area contributed by atoms with Crippen molar-refractivity contribution in [3.05, 3.63) is 35.6 Å². The number of benzene rings is 1. The Labute approximate surface area is 117 Å². The van der Waals surface area contributed by atoms with Gasteiger partial charge in [-0.15, -0.1) is 0 Å². The Kier molecular flexibility index (Phi) is 3.30. The summed E-state index contributed by atoms with van der Waals surface area (Å²) in [6.45, 7) is 1.91. The molecule has 1 heterocycles. The molecule has 0 spiro atoms. The molecule has 2 atom stereocenters. The summed E-state index contributed by atoms with van der Waals surface area (Å²) < 4.78 is 12.9. The quantitative estimate of drug-likeness (QED) is 0.853. The minimum absolute atomic E-state index is 0.0821. The molecule has 1 saturated carbocycles. The van der Waals surface area contributed by atoms with Crippen LogP contribution in [0.25, 0.3) is 0 Å². The zero-order valence-electron chi connectivity index (χ0n) is 11.3. The van der Waals surface area contributed by atoms with Gasteiger partial charge in [0.15, 0.2) is 0 Å². The summed E-state index contributed by atoms with van der Waals surface area (Å²) in [4.78, 5) is 25.5. The lowest BCUT2D eigenvalue weighted by Crippen LogP contribution is -2.40. The Bertz CT molecular complexity index is 539. The number of hydrogen-bond donors (Lipinski definition) is 1. The van der Waals surface area contributed by atoms with Gasteiger partial charge in [0.25, 0.3) is 0 Å². The summed E-state index contributed by atoms with van der Waals surface area (Å²) in [5.41, 5.74) is 0.900. The Morgan fingerprint density at radius 2 is 1.90 bits per heavy atom. The summed E-state index contributed by atoms with van der Waals surface area (Å²) in [5.74, 6) is -0.485. The number of hydrogen-bond acceptors (Lipinski definition) is 3. The smallest absolute Gasteiger partial charge is 0.247 e. The molecule has 4 nitrogen and oxygen atoms in total. The molecule has 1 aromatic rings. The number of amides is 2. The minimum atomic E-state index is -0.455. The van der Waals surface area contributed by atoms with Crippen molar-refractivity contribution in [1.29, 1.82) is 0 Å². The highest BCUT2D eigenvalue weighted by molar-refractivity contribution is 6.06. The van der Waals surface area contributed by atoms with E-state index in [-0.39, 0.29) is 36.1 Å². The lowest BCUT2D eigenvalue weighted by Gasteiger charge is -2.19. The van der Waals surface area contributed by atoms with Crippen molar-refractivity contribution in [2.75, 3.05) is 0 Å². The average Bonchev–Trinajstić information content (AvgIpc) is 3.19. The Hall–Kier alpha value is -1.75. The number of imide groups is 1. The van der Waals surface area contributed by atoms with Gasteiger partial charge < -0.3 is 0 Å². The zero-order chi connectivity index (χ0) is 14.3. The van der Waals surface area contributed by atoms with E-state index >= 15 is 0 Å². The van der Waals surface area contributed by atoms with E-state index in [0.29, 0.717) is 0 Å². The van der Waals surface area contributed by atoms with Crippen molar-refractivity contribution >= 4 is 11.8 Å². The maximum atomic E-state index is 12.9. The molecule has 2 amide bonds. The fourth-order valence-electron chi connectivity index (χ4n) is 2.65. The van der Waals surface area contributed by atoms with Gasteiger partial charge in [0.1, 0.15) is 5.82 Å². The first-order valence-corrected chi connectivity index (χ1v) is 6.93. The number of carbonyl (C=O) groups excluding carboxylic acids is 2. The molecule has 0 aromatic heterocycles. The highest BCUT2D eigenvalue weighted by atomic mass is 19.1. The van der Waals surface area contributed by atoms with Gasteiger partial charge in [-0.1, -0.05) is 12.1 Å². The second-order valence-corrected chi connectivity index (χ2v) is 5.53. The zero-order valence-corrected chi connectivity index (χ0v) is 11.3. The van der Waals surface area contributed by atoms with Crippen molar-refractivity contribution in [2.45, 2.75) is 44.3 Å². The van der Waals surface area contributed by atoms with E-state index in [9.17, 15) is 14.0 Å². The van der Waals surface area contributed by atoms with Crippen molar-refractivity contribution in [2.24, 2.45) is 0 Å². The van der Waals surface area contributed by atoms with Crippen LogP contribution in [0.4, 0.5) is 4.39 Å². The fraction of sp³-hybridized carbons (Fsp3) is 0.467. The third kappa shape index (κ3) is 2.45. The van der Waals surface area contributed by atoms with Crippen LogP contribution in [0.15, 0.2) is 24.3 Å². The van der Waals surface area contributed by atoms with E-state index in [0.717, 1.165) is 18.4 Å². The molecule has 1 saturated heterocycles. The number of halogens is 1. The molecule has 1 aromatic carbocycles.